The van der Waals surface area contributed by atoms with Crippen molar-refractivity contribution in [2.45, 2.75) is 57.9 Å². The zero-order valence-corrected chi connectivity index (χ0v) is 16.8. The number of carbonyl (C=O) groups is 2. The van der Waals surface area contributed by atoms with Crippen LogP contribution < -0.4 is 5.32 Å². The first-order valence-corrected chi connectivity index (χ1v) is 11.0. The summed E-state index contributed by atoms with van der Waals surface area (Å²) in [4.78, 5) is 29.9. The average Bonchev–Trinajstić information content (AvgIpc) is 3.36. The van der Waals surface area contributed by atoms with Crippen molar-refractivity contribution in [2.24, 2.45) is 11.3 Å². The Hall–Kier alpha value is -1.82. The quantitative estimate of drug-likeness (QED) is 0.815. The van der Waals surface area contributed by atoms with Crippen LogP contribution in [0.2, 0.25) is 0 Å². The molecule has 1 N–H and O–H groups in total. The van der Waals surface area contributed by atoms with E-state index in [0.717, 1.165) is 51.2 Å². The van der Waals surface area contributed by atoms with Crippen LogP contribution in [0.15, 0.2) is 22.8 Å². The van der Waals surface area contributed by atoms with Crippen molar-refractivity contribution in [2.75, 3.05) is 32.7 Å². The van der Waals surface area contributed by atoms with Crippen LogP contribution in [0.5, 0.6) is 0 Å². The second kappa shape index (κ2) is 8.68. The Morgan fingerprint density at radius 1 is 1.18 bits per heavy atom. The topological polar surface area (TPSA) is 65.8 Å². The lowest BCUT2D eigenvalue weighted by molar-refractivity contribution is -0.146. The molecule has 1 spiro atoms. The molecule has 1 unspecified atom stereocenters. The molecule has 1 saturated carbocycles. The number of carbonyl (C=O) groups excluding carboxylic acids is 2. The summed E-state index contributed by atoms with van der Waals surface area (Å²) < 4.78 is 5.25. The monoisotopic (exact) mass is 387 g/mol. The van der Waals surface area contributed by atoms with E-state index < -0.39 is 0 Å². The molecule has 154 valence electrons. The van der Waals surface area contributed by atoms with Gasteiger partial charge in [0.2, 0.25) is 11.8 Å². The van der Waals surface area contributed by atoms with Crippen LogP contribution in [0.4, 0.5) is 0 Å². The highest BCUT2D eigenvalue weighted by Gasteiger charge is 2.48. The fraction of sp³-hybridized carbons (Fsp3) is 0.727. The molecule has 2 amide bonds. The van der Waals surface area contributed by atoms with Gasteiger partial charge in [0, 0.05) is 19.6 Å². The van der Waals surface area contributed by atoms with E-state index >= 15 is 0 Å². The number of furan rings is 1. The van der Waals surface area contributed by atoms with Gasteiger partial charge < -0.3 is 14.6 Å². The molecule has 0 radical (unpaired) electrons. The minimum Gasteiger partial charge on any atom is -0.467 e. The summed E-state index contributed by atoms with van der Waals surface area (Å²) in [5, 5.41) is 2.91. The maximum atomic E-state index is 13.3. The molecule has 28 heavy (non-hydrogen) atoms. The highest BCUT2D eigenvalue weighted by molar-refractivity contribution is 5.84. The molecule has 6 heteroatoms. The molecule has 2 saturated heterocycles. The highest BCUT2D eigenvalue weighted by Crippen LogP contribution is 2.40. The van der Waals surface area contributed by atoms with Gasteiger partial charge in [0.1, 0.15) is 5.76 Å². The average molecular weight is 388 g/mol. The van der Waals surface area contributed by atoms with Gasteiger partial charge in [-0.15, -0.1) is 0 Å². The summed E-state index contributed by atoms with van der Waals surface area (Å²) >= 11 is 0. The van der Waals surface area contributed by atoms with Crippen LogP contribution in [-0.2, 0) is 16.1 Å². The van der Waals surface area contributed by atoms with Crippen LogP contribution in [0.3, 0.4) is 0 Å². The zero-order valence-electron chi connectivity index (χ0n) is 16.8. The van der Waals surface area contributed by atoms with Crippen molar-refractivity contribution in [1.82, 2.24) is 15.1 Å². The van der Waals surface area contributed by atoms with Gasteiger partial charge in [-0.3, -0.25) is 14.5 Å². The normalized spacial score (nSPS) is 26.9. The minimum absolute atomic E-state index is 0.00392. The van der Waals surface area contributed by atoms with Gasteiger partial charge in [-0.2, -0.15) is 0 Å². The zero-order chi connectivity index (χ0) is 19.4. The summed E-state index contributed by atoms with van der Waals surface area (Å²) in [5.74, 6) is 1.79. The van der Waals surface area contributed by atoms with Crippen molar-refractivity contribution >= 4 is 11.8 Å². The number of rotatable bonds is 6. The smallest absolute Gasteiger partial charge is 0.234 e. The summed E-state index contributed by atoms with van der Waals surface area (Å²) in [7, 11) is 0. The SMILES string of the molecule is O=C(CN1CCC2(CCCN(CC3CCCCC3)C2=O)C1)NCc1ccco1. The lowest BCUT2D eigenvalue weighted by Gasteiger charge is -2.41. The third kappa shape index (κ3) is 4.43. The molecule has 3 fully saturated rings. The van der Waals surface area contributed by atoms with E-state index in [1.165, 1.54) is 32.1 Å². The Balaban J connectivity index is 1.28. The summed E-state index contributed by atoms with van der Waals surface area (Å²) in [5.41, 5.74) is -0.256. The second-order valence-corrected chi connectivity index (χ2v) is 8.96. The maximum absolute atomic E-state index is 13.3. The number of nitrogens with one attached hydrogen (secondary N) is 1. The molecule has 6 nitrogen and oxygen atoms in total. The molecular formula is C22H33N3O3. The Kier molecular flexibility index (Phi) is 6.04. The van der Waals surface area contributed by atoms with E-state index in [0.29, 0.717) is 24.9 Å². The molecule has 1 aromatic rings. The lowest BCUT2D eigenvalue weighted by Crippen LogP contribution is -2.51. The fourth-order valence-electron chi connectivity index (χ4n) is 5.34. The molecule has 0 bridgehead atoms. The van der Waals surface area contributed by atoms with Gasteiger partial charge in [0.15, 0.2) is 0 Å². The molecule has 1 atom stereocenters. The first-order chi connectivity index (χ1) is 13.6. The number of likely N-dealkylation sites (tertiary alicyclic amines) is 2. The van der Waals surface area contributed by atoms with Crippen molar-refractivity contribution in [3.63, 3.8) is 0 Å². The standard InChI is InChI=1S/C22H33N3O3/c26-20(23-14-19-8-4-13-28-19)16-24-12-10-22(17-24)9-5-11-25(21(22)27)15-18-6-2-1-3-7-18/h4,8,13,18H,1-3,5-7,9-12,14-17H2,(H,23,26). The molecule has 2 aliphatic heterocycles. The summed E-state index contributed by atoms with van der Waals surface area (Å²) in [6.07, 6.45) is 11.1. The van der Waals surface area contributed by atoms with Crippen LogP contribution >= 0.6 is 0 Å². The molecule has 1 aliphatic carbocycles. The molecule has 3 heterocycles. The number of amides is 2. The molecular weight excluding hydrogens is 354 g/mol. The largest absolute Gasteiger partial charge is 0.467 e. The van der Waals surface area contributed by atoms with Crippen LogP contribution in [-0.4, -0.2) is 54.3 Å². The van der Waals surface area contributed by atoms with E-state index in [-0.39, 0.29) is 11.3 Å². The fourth-order valence-corrected chi connectivity index (χ4v) is 5.34. The first-order valence-electron chi connectivity index (χ1n) is 11.0. The van der Waals surface area contributed by atoms with Crippen LogP contribution in [0, 0.1) is 11.3 Å². The number of hydrogen-bond acceptors (Lipinski definition) is 4. The predicted molar refractivity (Wildman–Crippen MR) is 106 cm³/mol. The van der Waals surface area contributed by atoms with E-state index in [9.17, 15) is 9.59 Å². The Bertz CT molecular complexity index is 669. The second-order valence-electron chi connectivity index (χ2n) is 8.96. The van der Waals surface area contributed by atoms with Crippen LogP contribution in [0.25, 0.3) is 0 Å². The van der Waals surface area contributed by atoms with E-state index in [2.05, 4.69) is 15.1 Å². The number of piperidine rings is 1. The van der Waals surface area contributed by atoms with Gasteiger partial charge in [-0.05, 0) is 56.7 Å². The van der Waals surface area contributed by atoms with Crippen molar-refractivity contribution in [3.05, 3.63) is 24.2 Å². The Labute approximate surface area is 167 Å². The number of nitrogens with zero attached hydrogens (tertiary/aromatic N) is 2. The Morgan fingerprint density at radius 2 is 2.04 bits per heavy atom. The molecule has 3 aliphatic rings. The van der Waals surface area contributed by atoms with Crippen LogP contribution in [0.1, 0.15) is 57.1 Å². The van der Waals surface area contributed by atoms with E-state index in [1.54, 1.807) is 6.26 Å². The molecule has 0 aromatic carbocycles. The highest BCUT2D eigenvalue weighted by atomic mass is 16.3. The lowest BCUT2D eigenvalue weighted by atomic mass is 9.77. The minimum atomic E-state index is -0.256. The van der Waals surface area contributed by atoms with Gasteiger partial charge in [-0.1, -0.05) is 19.3 Å². The Morgan fingerprint density at radius 3 is 2.82 bits per heavy atom. The van der Waals surface area contributed by atoms with Gasteiger partial charge >= 0.3 is 0 Å². The van der Waals surface area contributed by atoms with E-state index in [1.807, 2.05) is 12.1 Å². The molecule has 1 aromatic heterocycles. The summed E-state index contributed by atoms with van der Waals surface area (Å²) in [6, 6.07) is 3.67. The first kappa shape index (κ1) is 19.5. The third-order valence-electron chi connectivity index (χ3n) is 6.87. The number of hydrogen-bond donors (Lipinski definition) is 1. The van der Waals surface area contributed by atoms with Gasteiger partial charge in [0.25, 0.3) is 0 Å². The van der Waals surface area contributed by atoms with E-state index in [4.69, 9.17) is 4.42 Å². The van der Waals surface area contributed by atoms with Gasteiger partial charge in [-0.25, -0.2) is 0 Å². The molecule has 4 rings (SSSR count). The summed E-state index contributed by atoms with van der Waals surface area (Å²) in [6.45, 7) is 4.20. The third-order valence-corrected chi connectivity index (χ3v) is 6.87. The van der Waals surface area contributed by atoms with Gasteiger partial charge in [0.05, 0.1) is 24.8 Å². The van der Waals surface area contributed by atoms with Crippen molar-refractivity contribution in [1.29, 1.82) is 0 Å². The maximum Gasteiger partial charge on any atom is 0.234 e. The van der Waals surface area contributed by atoms with Crippen molar-refractivity contribution < 1.29 is 14.0 Å². The van der Waals surface area contributed by atoms with Crippen molar-refractivity contribution in [3.8, 4) is 0 Å². The predicted octanol–water partition coefficient (Wildman–Crippen LogP) is 2.79.